The Bertz CT molecular complexity index is 528. The highest BCUT2D eigenvalue weighted by molar-refractivity contribution is 5.94. The van der Waals surface area contributed by atoms with Gasteiger partial charge in [-0.1, -0.05) is 0 Å². The monoisotopic (exact) mass is 294 g/mol. The Labute approximate surface area is 122 Å². The summed E-state index contributed by atoms with van der Waals surface area (Å²) in [6.45, 7) is 0.916. The van der Waals surface area contributed by atoms with E-state index in [1.54, 1.807) is 13.2 Å². The van der Waals surface area contributed by atoms with E-state index in [1.807, 2.05) is 0 Å². The summed E-state index contributed by atoms with van der Waals surface area (Å²) in [5.74, 6) is -0.860. The van der Waals surface area contributed by atoms with Gasteiger partial charge in [-0.25, -0.2) is 4.98 Å². The van der Waals surface area contributed by atoms with Gasteiger partial charge in [0.05, 0.1) is 12.0 Å². The zero-order valence-electron chi connectivity index (χ0n) is 11.8. The molecule has 0 spiro atoms. The SMILES string of the molecule is COCCOc1cc(C(=O)NCC2(C(=O)O)CC2)ccn1. The molecule has 0 unspecified atom stereocenters. The van der Waals surface area contributed by atoms with Crippen LogP contribution in [0, 0.1) is 5.41 Å². The van der Waals surface area contributed by atoms with Gasteiger partial charge in [0.15, 0.2) is 0 Å². The molecule has 1 aliphatic carbocycles. The van der Waals surface area contributed by atoms with Crippen LogP contribution in [0.4, 0.5) is 0 Å². The van der Waals surface area contributed by atoms with Gasteiger partial charge >= 0.3 is 5.97 Å². The van der Waals surface area contributed by atoms with E-state index in [2.05, 4.69) is 10.3 Å². The molecular formula is C14H18N2O5. The van der Waals surface area contributed by atoms with Gasteiger partial charge in [0.1, 0.15) is 6.61 Å². The molecule has 2 rings (SSSR count). The standard InChI is InChI=1S/C14H18N2O5/c1-20-6-7-21-11-8-10(2-5-15-11)12(17)16-9-14(3-4-14)13(18)19/h2,5,8H,3-4,6-7,9H2,1H3,(H,16,17)(H,18,19). The first kappa shape index (κ1) is 15.2. The first-order valence-corrected chi connectivity index (χ1v) is 6.67. The lowest BCUT2D eigenvalue weighted by atomic mass is 10.1. The number of aromatic nitrogens is 1. The predicted octanol–water partition coefficient (Wildman–Crippen LogP) is 0.701. The number of hydrogen-bond donors (Lipinski definition) is 2. The quantitative estimate of drug-likeness (QED) is 0.685. The number of aliphatic carboxylic acids is 1. The molecule has 0 aliphatic heterocycles. The fraction of sp³-hybridized carbons (Fsp3) is 0.500. The summed E-state index contributed by atoms with van der Waals surface area (Å²) in [5.41, 5.74) is -0.390. The molecule has 1 aromatic rings. The number of hydrogen-bond acceptors (Lipinski definition) is 5. The number of amides is 1. The third-order valence-corrected chi connectivity index (χ3v) is 3.43. The van der Waals surface area contributed by atoms with Crippen molar-refractivity contribution in [3.63, 3.8) is 0 Å². The van der Waals surface area contributed by atoms with Crippen LogP contribution in [0.15, 0.2) is 18.3 Å². The van der Waals surface area contributed by atoms with Crippen molar-refractivity contribution in [2.24, 2.45) is 5.41 Å². The molecule has 0 radical (unpaired) electrons. The van der Waals surface area contributed by atoms with Gasteiger partial charge in [-0.05, 0) is 18.9 Å². The highest BCUT2D eigenvalue weighted by Crippen LogP contribution is 2.45. The second-order valence-electron chi connectivity index (χ2n) is 4.99. The minimum absolute atomic E-state index is 0.142. The molecule has 2 N–H and O–H groups in total. The average molecular weight is 294 g/mol. The van der Waals surface area contributed by atoms with Crippen LogP contribution in [-0.4, -0.2) is 48.8 Å². The fourth-order valence-corrected chi connectivity index (χ4v) is 1.83. The molecule has 0 atom stereocenters. The van der Waals surface area contributed by atoms with E-state index in [1.165, 1.54) is 12.3 Å². The van der Waals surface area contributed by atoms with Gasteiger partial charge in [-0.3, -0.25) is 9.59 Å². The van der Waals surface area contributed by atoms with Crippen LogP contribution in [0.25, 0.3) is 0 Å². The average Bonchev–Trinajstić information content (AvgIpc) is 3.27. The highest BCUT2D eigenvalue weighted by atomic mass is 16.5. The maximum Gasteiger partial charge on any atom is 0.311 e. The third kappa shape index (κ3) is 3.91. The van der Waals surface area contributed by atoms with Crippen molar-refractivity contribution in [3.05, 3.63) is 23.9 Å². The molecule has 1 saturated carbocycles. The summed E-state index contributed by atoms with van der Waals surface area (Å²) in [6, 6.07) is 3.07. The summed E-state index contributed by atoms with van der Waals surface area (Å²) in [7, 11) is 1.57. The Morgan fingerprint density at radius 3 is 2.81 bits per heavy atom. The molecule has 7 nitrogen and oxygen atoms in total. The van der Waals surface area contributed by atoms with Gasteiger partial charge < -0.3 is 19.9 Å². The lowest BCUT2D eigenvalue weighted by molar-refractivity contribution is -0.143. The number of pyridine rings is 1. The van der Waals surface area contributed by atoms with Crippen LogP contribution >= 0.6 is 0 Å². The number of rotatable bonds is 8. The predicted molar refractivity (Wildman–Crippen MR) is 73.2 cm³/mol. The van der Waals surface area contributed by atoms with E-state index in [4.69, 9.17) is 14.6 Å². The van der Waals surface area contributed by atoms with E-state index < -0.39 is 11.4 Å². The van der Waals surface area contributed by atoms with Crippen LogP contribution in [0.1, 0.15) is 23.2 Å². The van der Waals surface area contributed by atoms with Gasteiger partial charge in [-0.2, -0.15) is 0 Å². The summed E-state index contributed by atoms with van der Waals surface area (Å²) in [5, 5.41) is 11.7. The molecule has 0 saturated heterocycles. The van der Waals surface area contributed by atoms with Crippen molar-refractivity contribution in [2.75, 3.05) is 26.9 Å². The molecule has 7 heteroatoms. The molecular weight excluding hydrogens is 276 g/mol. The van der Waals surface area contributed by atoms with E-state index in [-0.39, 0.29) is 12.5 Å². The number of carbonyl (C=O) groups is 2. The smallest absolute Gasteiger partial charge is 0.311 e. The van der Waals surface area contributed by atoms with Crippen LogP contribution in [-0.2, 0) is 9.53 Å². The van der Waals surface area contributed by atoms with E-state index in [9.17, 15) is 9.59 Å². The summed E-state index contributed by atoms with van der Waals surface area (Å²) in [6.07, 6.45) is 2.68. The van der Waals surface area contributed by atoms with Crippen LogP contribution < -0.4 is 10.1 Å². The summed E-state index contributed by atoms with van der Waals surface area (Å²) >= 11 is 0. The Morgan fingerprint density at radius 2 is 2.19 bits per heavy atom. The molecule has 1 aromatic heterocycles. The number of ether oxygens (including phenoxy) is 2. The van der Waals surface area contributed by atoms with E-state index in [0.717, 1.165) is 0 Å². The Morgan fingerprint density at radius 1 is 1.43 bits per heavy atom. The largest absolute Gasteiger partial charge is 0.481 e. The zero-order chi connectivity index (χ0) is 15.3. The minimum atomic E-state index is -0.860. The third-order valence-electron chi connectivity index (χ3n) is 3.43. The normalized spacial score (nSPS) is 15.3. The van der Waals surface area contributed by atoms with Crippen LogP contribution in [0.3, 0.4) is 0 Å². The maximum absolute atomic E-state index is 12.0. The maximum atomic E-state index is 12.0. The topological polar surface area (TPSA) is 97.8 Å². The molecule has 0 aromatic carbocycles. The number of nitrogens with zero attached hydrogens (tertiary/aromatic N) is 1. The lowest BCUT2D eigenvalue weighted by Crippen LogP contribution is -2.34. The summed E-state index contributed by atoms with van der Waals surface area (Å²) in [4.78, 5) is 27.0. The van der Waals surface area contributed by atoms with Gasteiger partial charge in [0.2, 0.25) is 5.88 Å². The van der Waals surface area contributed by atoms with Gasteiger partial charge in [-0.15, -0.1) is 0 Å². The zero-order valence-corrected chi connectivity index (χ0v) is 11.8. The van der Waals surface area contributed by atoms with Crippen molar-refractivity contribution in [2.45, 2.75) is 12.8 Å². The number of carbonyl (C=O) groups excluding carboxylic acids is 1. The van der Waals surface area contributed by atoms with Crippen molar-refractivity contribution < 1.29 is 24.2 Å². The van der Waals surface area contributed by atoms with Crippen molar-refractivity contribution in [3.8, 4) is 5.88 Å². The summed E-state index contributed by atoms with van der Waals surface area (Å²) < 4.78 is 10.2. The Kier molecular flexibility index (Phi) is 4.74. The van der Waals surface area contributed by atoms with E-state index >= 15 is 0 Å². The molecule has 21 heavy (non-hydrogen) atoms. The number of nitrogens with one attached hydrogen (secondary N) is 1. The number of carboxylic acid groups (broad SMARTS) is 1. The second kappa shape index (κ2) is 6.53. The Balaban J connectivity index is 1.90. The molecule has 1 heterocycles. The lowest BCUT2D eigenvalue weighted by Gasteiger charge is -2.11. The molecule has 0 bridgehead atoms. The van der Waals surface area contributed by atoms with E-state index in [0.29, 0.717) is 37.5 Å². The fourth-order valence-electron chi connectivity index (χ4n) is 1.83. The van der Waals surface area contributed by atoms with Crippen molar-refractivity contribution >= 4 is 11.9 Å². The first-order valence-electron chi connectivity index (χ1n) is 6.67. The molecule has 114 valence electrons. The highest BCUT2D eigenvalue weighted by Gasteiger charge is 2.50. The van der Waals surface area contributed by atoms with Gasteiger partial charge in [0, 0.05) is 31.5 Å². The second-order valence-corrected chi connectivity index (χ2v) is 4.99. The van der Waals surface area contributed by atoms with Crippen LogP contribution in [0.5, 0.6) is 5.88 Å². The van der Waals surface area contributed by atoms with Crippen molar-refractivity contribution in [1.82, 2.24) is 10.3 Å². The van der Waals surface area contributed by atoms with Crippen molar-refractivity contribution in [1.29, 1.82) is 0 Å². The van der Waals surface area contributed by atoms with Gasteiger partial charge in [0.25, 0.3) is 5.91 Å². The molecule has 1 aliphatic rings. The number of methoxy groups -OCH3 is 1. The first-order chi connectivity index (χ1) is 10.1. The van der Waals surface area contributed by atoms with Crippen LogP contribution in [0.2, 0.25) is 0 Å². The minimum Gasteiger partial charge on any atom is -0.481 e. The number of carboxylic acids is 1. The molecule has 1 amide bonds. The molecule has 1 fully saturated rings. The Hall–Kier alpha value is -2.15.